The van der Waals surface area contributed by atoms with Crippen LogP contribution in [0.5, 0.6) is 5.75 Å². The van der Waals surface area contributed by atoms with E-state index in [1.807, 2.05) is 23.1 Å². The van der Waals surface area contributed by atoms with Crippen molar-refractivity contribution in [3.63, 3.8) is 0 Å². The molecule has 6 heteroatoms. The number of carbonyl (C=O) groups excluding carboxylic acids is 2. The lowest BCUT2D eigenvalue weighted by Crippen LogP contribution is -2.37. The highest BCUT2D eigenvalue weighted by Crippen LogP contribution is 2.31. The van der Waals surface area contributed by atoms with E-state index in [1.54, 1.807) is 19.1 Å². The van der Waals surface area contributed by atoms with Gasteiger partial charge in [0.2, 0.25) is 11.8 Å². The molecule has 1 aromatic carbocycles. The number of hydrogen-bond acceptors (Lipinski definition) is 3. The molecule has 2 fully saturated rings. The van der Waals surface area contributed by atoms with Gasteiger partial charge in [0.25, 0.3) is 0 Å². The van der Waals surface area contributed by atoms with Crippen LogP contribution in [0.25, 0.3) is 0 Å². The first kappa shape index (κ1) is 18.2. The van der Waals surface area contributed by atoms with Gasteiger partial charge in [0.1, 0.15) is 5.75 Å². The van der Waals surface area contributed by atoms with Gasteiger partial charge in [-0.1, -0.05) is 28.8 Å². The Labute approximate surface area is 157 Å². The van der Waals surface area contributed by atoms with Gasteiger partial charge >= 0.3 is 0 Å². The van der Waals surface area contributed by atoms with Crippen molar-refractivity contribution in [3.8, 4) is 5.75 Å². The van der Waals surface area contributed by atoms with Crippen LogP contribution in [0.2, 0.25) is 0 Å². The summed E-state index contributed by atoms with van der Waals surface area (Å²) in [5.74, 6) is 0.712. The van der Waals surface area contributed by atoms with Crippen molar-refractivity contribution in [2.75, 3.05) is 20.7 Å². The second kappa shape index (κ2) is 7.77. The molecule has 0 aromatic heterocycles. The molecule has 3 rings (SSSR count). The summed E-state index contributed by atoms with van der Waals surface area (Å²) in [5.41, 5.74) is 0.949. The number of hydrogen-bond donors (Lipinski definition) is 0. The SMILES string of the molecule is COc1ccc(Br)cc1CN(C)C(=O)[C@@H]1CC(=O)N(C2CCCC2)C1. The molecule has 0 unspecified atom stereocenters. The summed E-state index contributed by atoms with van der Waals surface area (Å²) in [7, 11) is 3.43. The van der Waals surface area contributed by atoms with E-state index < -0.39 is 0 Å². The summed E-state index contributed by atoms with van der Waals surface area (Å²) in [6.45, 7) is 1.04. The number of likely N-dealkylation sites (tertiary alicyclic amines) is 1. The van der Waals surface area contributed by atoms with E-state index >= 15 is 0 Å². The molecular weight excluding hydrogens is 384 g/mol. The summed E-state index contributed by atoms with van der Waals surface area (Å²) in [6, 6.07) is 6.12. The van der Waals surface area contributed by atoms with Gasteiger partial charge in [-0.05, 0) is 31.0 Å². The molecule has 2 aliphatic rings. The number of amides is 2. The van der Waals surface area contributed by atoms with Crippen molar-refractivity contribution < 1.29 is 14.3 Å². The molecule has 0 N–H and O–H groups in total. The quantitative estimate of drug-likeness (QED) is 0.751. The van der Waals surface area contributed by atoms with Crippen LogP contribution in [0.1, 0.15) is 37.7 Å². The topological polar surface area (TPSA) is 49.9 Å². The van der Waals surface area contributed by atoms with Gasteiger partial charge in [0, 0.05) is 42.6 Å². The first-order chi connectivity index (χ1) is 12.0. The normalized spacial score (nSPS) is 21.0. The van der Waals surface area contributed by atoms with Crippen LogP contribution in [0.15, 0.2) is 22.7 Å². The van der Waals surface area contributed by atoms with Gasteiger partial charge < -0.3 is 14.5 Å². The number of halogens is 1. The Hall–Kier alpha value is -1.56. The second-order valence-corrected chi connectivity index (χ2v) is 7.95. The minimum Gasteiger partial charge on any atom is -0.496 e. The highest BCUT2D eigenvalue weighted by molar-refractivity contribution is 9.10. The van der Waals surface area contributed by atoms with E-state index in [1.165, 1.54) is 12.8 Å². The van der Waals surface area contributed by atoms with E-state index in [4.69, 9.17) is 4.74 Å². The minimum atomic E-state index is -0.226. The van der Waals surface area contributed by atoms with Crippen molar-refractivity contribution in [3.05, 3.63) is 28.2 Å². The zero-order valence-electron chi connectivity index (χ0n) is 14.8. The third-order valence-electron chi connectivity index (χ3n) is 5.30. The highest BCUT2D eigenvalue weighted by atomic mass is 79.9. The fourth-order valence-electron chi connectivity index (χ4n) is 3.98. The minimum absolute atomic E-state index is 0.0378. The summed E-state index contributed by atoms with van der Waals surface area (Å²) in [5, 5.41) is 0. The van der Waals surface area contributed by atoms with Crippen LogP contribution >= 0.6 is 15.9 Å². The van der Waals surface area contributed by atoms with Crippen LogP contribution in [-0.4, -0.2) is 48.4 Å². The Morgan fingerprint density at radius 3 is 2.76 bits per heavy atom. The zero-order chi connectivity index (χ0) is 18.0. The van der Waals surface area contributed by atoms with Crippen LogP contribution < -0.4 is 4.74 Å². The molecule has 5 nitrogen and oxygen atoms in total. The summed E-state index contributed by atoms with van der Waals surface area (Å²) < 4.78 is 6.34. The van der Waals surface area contributed by atoms with Gasteiger partial charge in [-0.2, -0.15) is 0 Å². The zero-order valence-corrected chi connectivity index (χ0v) is 16.4. The third kappa shape index (κ3) is 4.00. The lowest BCUT2D eigenvalue weighted by atomic mass is 10.1. The van der Waals surface area contributed by atoms with Gasteiger partial charge in [-0.25, -0.2) is 0 Å². The molecule has 1 saturated carbocycles. The van der Waals surface area contributed by atoms with E-state index in [-0.39, 0.29) is 17.7 Å². The predicted molar refractivity (Wildman–Crippen MR) is 99.2 cm³/mol. The number of ether oxygens (including phenoxy) is 1. The van der Waals surface area contributed by atoms with E-state index in [2.05, 4.69) is 15.9 Å². The number of carbonyl (C=O) groups is 2. The van der Waals surface area contributed by atoms with Gasteiger partial charge in [0.15, 0.2) is 0 Å². The Bertz CT molecular complexity index is 658. The van der Waals surface area contributed by atoms with Crippen LogP contribution in [0.4, 0.5) is 0 Å². The number of rotatable bonds is 5. The lowest BCUT2D eigenvalue weighted by Gasteiger charge is -2.25. The van der Waals surface area contributed by atoms with Crippen LogP contribution in [-0.2, 0) is 16.1 Å². The third-order valence-corrected chi connectivity index (χ3v) is 5.79. The maximum Gasteiger partial charge on any atom is 0.228 e. The fourth-order valence-corrected chi connectivity index (χ4v) is 4.39. The molecule has 25 heavy (non-hydrogen) atoms. The lowest BCUT2D eigenvalue weighted by molar-refractivity contribution is -0.135. The molecule has 0 bridgehead atoms. The molecule has 1 saturated heterocycles. The van der Waals surface area contributed by atoms with E-state index in [0.29, 0.717) is 25.6 Å². The van der Waals surface area contributed by atoms with Crippen molar-refractivity contribution >= 4 is 27.7 Å². The van der Waals surface area contributed by atoms with Gasteiger partial charge in [-0.3, -0.25) is 9.59 Å². The van der Waals surface area contributed by atoms with Crippen molar-refractivity contribution in [2.24, 2.45) is 5.92 Å². The molecular formula is C19H25BrN2O3. The molecule has 2 amide bonds. The van der Waals surface area contributed by atoms with Crippen LogP contribution in [0, 0.1) is 5.92 Å². The largest absolute Gasteiger partial charge is 0.496 e. The van der Waals surface area contributed by atoms with Gasteiger partial charge in [-0.15, -0.1) is 0 Å². The molecule has 0 spiro atoms. The molecule has 1 aliphatic carbocycles. The monoisotopic (exact) mass is 408 g/mol. The predicted octanol–water partition coefficient (Wildman–Crippen LogP) is 3.21. The Balaban J connectivity index is 1.65. The number of methoxy groups -OCH3 is 1. The van der Waals surface area contributed by atoms with E-state index in [9.17, 15) is 9.59 Å². The molecule has 1 aromatic rings. The summed E-state index contributed by atoms with van der Waals surface area (Å²) >= 11 is 3.46. The Kier molecular flexibility index (Phi) is 5.67. The number of nitrogens with zero attached hydrogens (tertiary/aromatic N) is 2. The molecule has 136 valence electrons. The average molecular weight is 409 g/mol. The molecule has 1 heterocycles. The Morgan fingerprint density at radius 2 is 2.08 bits per heavy atom. The first-order valence-electron chi connectivity index (χ1n) is 8.86. The van der Waals surface area contributed by atoms with Crippen LogP contribution in [0.3, 0.4) is 0 Å². The second-order valence-electron chi connectivity index (χ2n) is 7.04. The van der Waals surface area contributed by atoms with Crippen molar-refractivity contribution in [1.29, 1.82) is 0 Å². The Morgan fingerprint density at radius 1 is 1.36 bits per heavy atom. The first-order valence-corrected chi connectivity index (χ1v) is 9.65. The summed E-state index contributed by atoms with van der Waals surface area (Å²) in [6.07, 6.45) is 4.88. The maximum atomic E-state index is 12.8. The highest BCUT2D eigenvalue weighted by Gasteiger charge is 2.39. The standard InChI is InChI=1S/C19H25BrN2O3/c1-21(11-13-9-15(20)7-8-17(13)25-2)19(24)14-10-18(23)22(12-14)16-5-3-4-6-16/h7-9,14,16H,3-6,10-12H2,1-2H3/t14-/m1/s1. The van der Waals surface area contributed by atoms with Gasteiger partial charge in [0.05, 0.1) is 13.0 Å². The van der Waals surface area contributed by atoms with Crippen molar-refractivity contribution in [1.82, 2.24) is 9.80 Å². The van der Waals surface area contributed by atoms with Crippen molar-refractivity contribution in [2.45, 2.75) is 44.7 Å². The molecule has 1 aliphatic heterocycles. The fraction of sp³-hybridized carbons (Fsp3) is 0.579. The maximum absolute atomic E-state index is 12.8. The van der Waals surface area contributed by atoms with E-state index in [0.717, 1.165) is 28.6 Å². The number of benzene rings is 1. The molecule has 0 radical (unpaired) electrons. The smallest absolute Gasteiger partial charge is 0.228 e. The summed E-state index contributed by atoms with van der Waals surface area (Å²) in [4.78, 5) is 28.8. The average Bonchev–Trinajstić information content (AvgIpc) is 3.23. The molecule has 1 atom stereocenters.